The number of anilines is 2. The van der Waals surface area contributed by atoms with E-state index < -0.39 is 10.0 Å². The molecule has 8 heteroatoms. The molecular formula is C18H25N3O4S. The second-order valence-electron chi connectivity index (χ2n) is 5.69. The number of hydrogen-bond donors (Lipinski definition) is 2. The number of methoxy groups -OCH3 is 2. The van der Waals surface area contributed by atoms with Crippen LogP contribution < -0.4 is 19.5 Å². The number of benzene rings is 1. The summed E-state index contributed by atoms with van der Waals surface area (Å²) in [7, 11) is -0.893. The van der Waals surface area contributed by atoms with E-state index in [0.29, 0.717) is 17.3 Å². The average Bonchev–Trinajstić information content (AvgIpc) is 2.65. The van der Waals surface area contributed by atoms with Crippen molar-refractivity contribution in [2.24, 2.45) is 0 Å². The Morgan fingerprint density at radius 2 is 1.88 bits per heavy atom. The Bertz CT molecular complexity index is 808. The molecule has 2 rings (SSSR count). The molecule has 0 fully saturated rings. The van der Waals surface area contributed by atoms with Crippen molar-refractivity contribution in [3.63, 3.8) is 0 Å². The normalized spacial score (nSPS) is 11.0. The van der Waals surface area contributed by atoms with Gasteiger partial charge in [0.25, 0.3) is 10.0 Å². The van der Waals surface area contributed by atoms with E-state index in [4.69, 9.17) is 9.47 Å². The fourth-order valence-corrected chi connectivity index (χ4v) is 3.55. The van der Waals surface area contributed by atoms with Gasteiger partial charge in [-0.15, -0.1) is 0 Å². The molecule has 0 aliphatic carbocycles. The summed E-state index contributed by atoms with van der Waals surface area (Å²) in [6, 6.07) is 7.95. The van der Waals surface area contributed by atoms with Crippen LogP contribution in [-0.4, -0.2) is 34.2 Å². The van der Waals surface area contributed by atoms with E-state index in [-0.39, 0.29) is 10.6 Å². The third-order valence-corrected chi connectivity index (χ3v) is 5.18. The molecule has 7 nitrogen and oxygen atoms in total. The molecule has 0 aliphatic heterocycles. The zero-order valence-electron chi connectivity index (χ0n) is 15.3. The molecule has 1 aromatic heterocycles. The van der Waals surface area contributed by atoms with Crippen LogP contribution in [-0.2, 0) is 10.0 Å². The van der Waals surface area contributed by atoms with Crippen LogP contribution in [0.15, 0.2) is 41.4 Å². The minimum absolute atomic E-state index is 0.0302. The highest BCUT2D eigenvalue weighted by molar-refractivity contribution is 7.92. The molecule has 26 heavy (non-hydrogen) atoms. The number of nitrogens with zero attached hydrogens (tertiary/aromatic N) is 1. The first-order valence-electron chi connectivity index (χ1n) is 8.45. The highest BCUT2D eigenvalue weighted by Gasteiger charge is 2.20. The summed E-state index contributed by atoms with van der Waals surface area (Å²) >= 11 is 0. The maximum absolute atomic E-state index is 12.6. The highest BCUT2D eigenvalue weighted by atomic mass is 32.2. The third kappa shape index (κ3) is 5.26. The van der Waals surface area contributed by atoms with Gasteiger partial charge in [-0.3, -0.25) is 4.72 Å². The molecule has 0 spiro atoms. The first-order chi connectivity index (χ1) is 12.5. The Balaban J connectivity index is 2.09. The van der Waals surface area contributed by atoms with Crippen LogP contribution in [0, 0.1) is 0 Å². The van der Waals surface area contributed by atoms with Crippen molar-refractivity contribution < 1.29 is 17.9 Å². The minimum atomic E-state index is -3.81. The van der Waals surface area contributed by atoms with E-state index >= 15 is 0 Å². The van der Waals surface area contributed by atoms with Crippen LogP contribution in [0.5, 0.6) is 11.5 Å². The van der Waals surface area contributed by atoms with Crippen LogP contribution in [0.3, 0.4) is 0 Å². The van der Waals surface area contributed by atoms with E-state index in [9.17, 15) is 8.42 Å². The number of nitrogens with one attached hydrogen (secondary N) is 2. The van der Waals surface area contributed by atoms with Crippen molar-refractivity contribution >= 4 is 21.5 Å². The maximum Gasteiger partial charge on any atom is 0.265 e. The summed E-state index contributed by atoms with van der Waals surface area (Å²) in [6.07, 6.45) is 4.87. The molecule has 0 amide bonds. The van der Waals surface area contributed by atoms with E-state index in [1.165, 1.54) is 32.5 Å². The minimum Gasteiger partial charge on any atom is -0.497 e. The molecule has 0 radical (unpaired) electrons. The molecule has 0 saturated heterocycles. The van der Waals surface area contributed by atoms with Crippen molar-refractivity contribution in [1.82, 2.24) is 4.98 Å². The Morgan fingerprint density at radius 1 is 1.08 bits per heavy atom. The summed E-state index contributed by atoms with van der Waals surface area (Å²) in [4.78, 5) is 4.26. The van der Waals surface area contributed by atoms with Gasteiger partial charge >= 0.3 is 0 Å². The van der Waals surface area contributed by atoms with Crippen LogP contribution >= 0.6 is 0 Å². The smallest absolute Gasteiger partial charge is 0.265 e. The van der Waals surface area contributed by atoms with E-state index in [0.717, 1.165) is 25.8 Å². The molecule has 1 aromatic carbocycles. The van der Waals surface area contributed by atoms with Gasteiger partial charge in [0.2, 0.25) is 0 Å². The molecule has 1 heterocycles. The first kappa shape index (κ1) is 19.8. The highest BCUT2D eigenvalue weighted by Crippen LogP contribution is 2.29. The number of sulfonamides is 1. The van der Waals surface area contributed by atoms with Gasteiger partial charge < -0.3 is 14.8 Å². The molecular weight excluding hydrogens is 354 g/mol. The Morgan fingerprint density at radius 3 is 2.50 bits per heavy atom. The molecule has 0 unspecified atom stereocenters. The fraction of sp³-hybridized carbons (Fsp3) is 0.389. The van der Waals surface area contributed by atoms with Gasteiger partial charge in [-0.2, -0.15) is 0 Å². The molecule has 2 aromatic rings. The lowest BCUT2D eigenvalue weighted by molar-refractivity contribution is 0.386. The second kappa shape index (κ2) is 9.28. The average molecular weight is 379 g/mol. The maximum atomic E-state index is 12.6. The predicted molar refractivity (Wildman–Crippen MR) is 103 cm³/mol. The van der Waals surface area contributed by atoms with Crippen molar-refractivity contribution in [1.29, 1.82) is 0 Å². The number of hydrogen-bond acceptors (Lipinski definition) is 6. The van der Waals surface area contributed by atoms with Crippen LogP contribution in [0.1, 0.15) is 26.2 Å². The molecule has 2 N–H and O–H groups in total. The van der Waals surface area contributed by atoms with Crippen LogP contribution in [0.2, 0.25) is 0 Å². The van der Waals surface area contributed by atoms with Gasteiger partial charge in [0, 0.05) is 12.6 Å². The standard InChI is InChI=1S/C18H25N3O4S/c1-4-5-6-11-19-18-10-7-14(13-20-18)21-26(22,23)17-9-8-15(24-2)12-16(17)25-3/h7-10,12-13,21H,4-6,11H2,1-3H3,(H,19,20). The van der Waals surface area contributed by atoms with Crippen LogP contribution in [0.4, 0.5) is 11.5 Å². The van der Waals surface area contributed by atoms with Crippen molar-refractivity contribution in [3.8, 4) is 11.5 Å². The molecule has 0 bridgehead atoms. The lowest BCUT2D eigenvalue weighted by Crippen LogP contribution is -2.14. The lowest BCUT2D eigenvalue weighted by atomic mass is 10.2. The van der Waals surface area contributed by atoms with Gasteiger partial charge in [0.05, 0.1) is 26.1 Å². The summed E-state index contributed by atoms with van der Waals surface area (Å²) in [5.41, 5.74) is 0.377. The monoisotopic (exact) mass is 379 g/mol. The van der Waals surface area contributed by atoms with E-state index in [1.807, 2.05) is 0 Å². The van der Waals surface area contributed by atoms with Gasteiger partial charge in [0.1, 0.15) is 22.2 Å². The quantitative estimate of drug-likeness (QED) is 0.614. The summed E-state index contributed by atoms with van der Waals surface area (Å²) < 4.78 is 38.0. The zero-order valence-corrected chi connectivity index (χ0v) is 16.1. The lowest BCUT2D eigenvalue weighted by Gasteiger charge is -2.13. The molecule has 142 valence electrons. The van der Waals surface area contributed by atoms with Gasteiger partial charge in [-0.25, -0.2) is 13.4 Å². The molecule has 0 saturated carbocycles. The van der Waals surface area contributed by atoms with Gasteiger partial charge in [-0.05, 0) is 30.7 Å². The van der Waals surface area contributed by atoms with Crippen molar-refractivity contribution in [2.45, 2.75) is 31.1 Å². The second-order valence-corrected chi connectivity index (χ2v) is 7.34. The number of ether oxygens (including phenoxy) is 2. The Labute approximate surface area is 154 Å². The van der Waals surface area contributed by atoms with Gasteiger partial charge in [0.15, 0.2) is 0 Å². The third-order valence-electron chi connectivity index (χ3n) is 3.76. The predicted octanol–water partition coefficient (Wildman–Crippen LogP) is 3.50. The first-order valence-corrected chi connectivity index (χ1v) is 9.93. The molecule has 0 aliphatic rings. The fourth-order valence-electron chi connectivity index (χ4n) is 2.36. The number of unbranched alkanes of at least 4 members (excludes halogenated alkanes) is 2. The summed E-state index contributed by atoms with van der Waals surface area (Å²) in [5, 5.41) is 3.21. The SMILES string of the molecule is CCCCCNc1ccc(NS(=O)(=O)c2ccc(OC)cc2OC)cn1. The van der Waals surface area contributed by atoms with Crippen LogP contribution in [0.25, 0.3) is 0 Å². The number of rotatable bonds is 10. The Hall–Kier alpha value is -2.48. The largest absolute Gasteiger partial charge is 0.497 e. The summed E-state index contributed by atoms with van der Waals surface area (Å²) in [5.74, 6) is 1.44. The van der Waals surface area contributed by atoms with Crippen molar-refractivity contribution in [3.05, 3.63) is 36.5 Å². The summed E-state index contributed by atoms with van der Waals surface area (Å²) in [6.45, 7) is 2.99. The Kier molecular flexibility index (Phi) is 7.08. The van der Waals surface area contributed by atoms with E-state index in [2.05, 4.69) is 21.9 Å². The number of pyridine rings is 1. The number of aromatic nitrogens is 1. The topological polar surface area (TPSA) is 89.5 Å². The zero-order chi connectivity index (χ0) is 19.0. The van der Waals surface area contributed by atoms with E-state index in [1.54, 1.807) is 18.2 Å². The van der Waals surface area contributed by atoms with Crippen molar-refractivity contribution in [2.75, 3.05) is 30.8 Å². The molecule has 0 atom stereocenters. The van der Waals surface area contributed by atoms with Gasteiger partial charge in [-0.1, -0.05) is 19.8 Å².